The smallest absolute Gasteiger partial charge is 0.335 e. The summed E-state index contributed by atoms with van der Waals surface area (Å²) in [5, 5.41) is 20.2. The van der Waals surface area contributed by atoms with Crippen molar-refractivity contribution in [2.75, 3.05) is 18.1 Å². The third-order valence-corrected chi connectivity index (χ3v) is 3.34. The van der Waals surface area contributed by atoms with E-state index >= 15 is 0 Å². The van der Waals surface area contributed by atoms with Crippen molar-refractivity contribution in [1.82, 2.24) is 0 Å². The summed E-state index contributed by atoms with van der Waals surface area (Å²) in [6, 6.07) is 3.80. The number of benzene rings is 1. The highest BCUT2D eigenvalue weighted by molar-refractivity contribution is 5.90. The molecule has 0 saturated carbocycles. The fourth-order valence-corrected chi connectivity index (χ4v) is 2.28. The highest BCUT2D eigenvalue weighted by Gasteiger charge is 2.29. The number of anilines is 1. The number of carboxylic acid groups (broad SMARTS) is 1. The molecule has 1 aliphatic rings. The van der Waals surface area contributed by atoms with Crippen LogP contribution in [0.25, 0.3) is 0 Å². The number of nitro benzene ring substituents is 1. The van der Waals surface area contributed by atoms with Crippen molar-refractivity contribution in [2.45, 2.75) is 26.0 Å². The van der Waals surface area contributed by atoms with Crippen LogP contribution in [0.15, 0.2) is 18.2 Å². The molecule has 0 radical (unpaired) electrons. The van der Waals surface area contributed by atoms with Gasteiger partial charge in [0.25, 0.3) is 5.69 Å². The van der Waals surface area contributed by atoms with E-state index in [1.54, 1.807) is 0 Å². The highest BCUT2D eigenvalue weighted by Crippen LogP contribution is 2.32. The van der Waals surface area contributed by atoms with Crippen molar-refractivity contribution in [3.63, 3.8) is 0 Å². The fraction of sp³-hybridized carbons (Fsp3) is 0.462. The number of carboxylic acids is 1. The Labute approximate surface area is 115 Å². The van der Waals surface area contributed by atoms with Crippen LogP contribution in [-0.4, -0.2) is 41.3 Å². The zero-order valence-electron chi connectivity index (χ0n) is 11.3. The molecule has 0 bridgehead atoms. The van der Waals surface area contributed by atoms with Crippen LogP contribution in [0.3, 0.4) is 0 Å². The van der Waals surface area contributed by atoms with E-state index in [1.165, 1.54) is 18.2 Å². The molecule has 1 heterocycles. The first-order chi connectivity index (χ1) is 9.40. The molecule has 1 aromatic carbocycles. The third kappa shape index (κ3) is 2.72. The van der Waals surface area contributed by atoms with Crippen LogP contribution in [0, 0.1) is 10.1 Å². The fourth-order valence-electron chi connectivity index (χ4n) is 2.28. The lowest BCUT2D eigenvalue weighted by atomic mass is 10.1. The second-order valence-corrected chi connectivity index (χ2v) is 4.91. The van der Waals surface area contributed by atoms with Crippen LogP contribution >= 0.6 is 0 Å². The van der Waals surface area contributed by atoms with Gasteiger partial charge in [0.05, 0.1) is 23.2 Å². The van der Waals surface area contributed by atoms with Gasteiger partial charge in [0.2, 0.25) is 0 Å². The van der Waals surface area contributed by atoms with Gasteiger partial charge in [-0.1, -0.05) is 0 Å². The predicted molar refractivity (Wildman–Crippen MR) is 72.3 cm³/mol. The molecular formula is C13H16N2O5. The second kappa shape index (κ2) is 5.46. The summed E-state index contributed by atoms with van der Waals surface area (Å²) in [5.41, 5.74) is 0.283. The molecule has 2 unspecified atom stereocenters. The van der Waals surface area contributed by atoms with Crippen molar-refractivity contribution in [3.05, 3.63) is 33.9 Å². The van der Waals surface area contributed by atoms with Gasteiger partial charge in [0, 0.05) is 18.7 Å². The molecular weight excluding hydrogens is 264 g/mol. The molecule has 2 atom stereocenters. The Bertz CT molecular complexity index is 546. The number of aromatic carboxylic acids is 1. The van der Waals surface area contributed by atoms with Gasteiger partial charge in [-0.3, -0.25) is 10.1 Å². The molecule has 1 aromatic rings. The van der Waals surface area contributed by atoms with E-state index in [0.717, 1.165) is 0 Å². The van der Waals surface area contributed by atoms with Crippen molar-refractivity contribution >= 4 is 17.3 Å². The normalized spacial score (nSPS) is 22.6. The molecule has 0 aromatic heterocycles. The van der Waals surface area contributed by atoms with Crippen LogP contribution < -0.4 is 4.90 Å². The van der Waals surface area contributed by atoms with E-state index in [1.807, 2.05) is 18.7 Å². The quantitative estimate of drug-likeness (QED) is 0.671. The largest absolute Gasteiger partial charge is 0.478 e. The molecule has 1 saturated heterocycles. The van der Waals surface area contributed by atoms with Crippen LogP contribution in [0.1, 0.15) is 24.2 Å². The Morgan fingerprint density at radius 1 is 1.50 bits per heavy atom. The minimum atomic E-state index is -1.10. The zero-order chi connectivity index (χ0) is 14.9. The maximum Gasteiger partial charge on any atom is 0.335 e. The van der Waals surface area contributed by atoms with Gasteiger partial charge in [-0.05, 0) is 26.0 Å². The van der Waals surface area contributed by atoms with E-state index < -0.39 is 10.9 Å². The number of nitrogens with zero attached hydrogens (tertiary/aromatic N) is 2. The average Bonchev–Trinajstić information content (AvgIpc) is 2.40. The molecule has 0 aliphatic carbocycles. The number of hydrogen-bond donors (Lipinski definition) is 1. The monoisotopic (exact) mass is 280 g/mol. The Morgan fingerprint density at radius 3 is 2.80 bits per heavy atom. The van der Waals surface area contributed by atoms with E-state index in [4.69, 9.17) is 9.84 Å². The molecule has 7 nitrogen and oxygen atoms in total. The van der Waals surface area contributed by atoms with Crippen molar-refractivity contribution in [2.24, 2.45) is 0 Å². The molecule has 108 valence electrons. The summed E-state index contributed by atoms with van der Waals surface area (Å²) in [5.74, 6) is -1.10. The first kappa shape index (κ1) is 14.3. The second-order valence-electron chi connectivity index (χ2n) is 4.91. The SMILES string of the molecule is CC1CN(c2cc(C(=O)O)ccc2[N+](=O)[O-])C(C)CO1. The minimum absolute atomic E-state index is 0.0388. The van der Waals surface area contributed by atoms with Gasteiger partial charge in [-0.25, -0.2) is 4.79 Å². The Morgan fingerprint density at radius 2 is 2.20 bits per heavy atom. The van der Waals surface area contributed by atoms with Gasteiger partial charge in [-0.15, -0.1) is 0 Å². The predicted octanol–water partition coefficient (Wildman–Crippen LogP) is 1.91. The highest BCUT2D eigenvalue weighted by atomic mass is 16.6. The summed E-state index contributed by atoms with van der Waals surface area (Å²) in [7, 11) is 0. The van der Waals surface area contributed by atoms with Gasteiger partial charge >= 0.3 is 5.97 Å². The van der Waals surface area contributed by atoms with Crippen molar-refractivity contribution in [3.8, 4) is 0 Å². The lowest BCUT2D eigenvalue weighted by Crippen LogP contribution is -2.47. The van der Waals surface area contributed by atoms with Gasteiger partial charge in [0.1, 0.15) is 5.69 Å². The van der Waals surface area contributed by atoms with E-state index in [-0.39, 0.29) is 23.4 Å². The lowest BCUT2D eigenvalue weighted by Gasteiger charge is -2.38. The van der Waals surface area contributed by atoms with E-state index in [9.17, 15) is 14.9 Å². The number of carbonyl (C=O) groups is 1. The maximum atomic E-state index is 11.1. The molecule has 1 fully saturated rings. The third-order valence-electron chi connectivity index (χ3n) is 3.34. The first-order valence-corrected chi connectivity index (χ1v) is 6.30. The van der Waals surface area contributed by atoms with Gasteiger partial charge in [0.15, 0.2) is 0 Å². The maximum absolute atomic E-state index is 11.1. The van der Waals surface area contributed by atoms with Crippen LogP contribution in [0.4, 0.5) is 11.4 Å². The molecule has 20 heavy (non-hydrogen) atoms. The standard InChI is InChI=1S/C13H16N2O5/c1-8-7-20-9(2)6-14(8)12-5-10(13(16)17)3-4-11(12)15(18)19/h3-5,8-9H,6-7H2,1-2H3,(H,16,17). The van der Waals surface area contributed by atoms with Crippen molar-refractivity contribution < 1.29 is 19.6 Å². The zero-order valence-corrected chi connectivity index (χ0v) is 11.3. The number of morpholine rings is 1. The average molecular weight is 280 g/mol. The topological polar surface area (TPSA) is 92.9 Å². The van der Waals surface area contributed by atoms with Crippen molar-refractivity contribution in [1.29, 1.82) is 0 Å². The number of ether oxygens (including phenoxy) is 1. The summed E-state index contributed by atoms with van der Waals surface area (Å²) in [4.78, 5) is 23.5. The molecule has 0 amide bonds. The van der Waals surface area contributed by atoms with Crippen LogP contribution in [0.2, 0.25) is 0 Å². The van der Waals surface area contributed by atoms with E-state index in [2.05, 4.69) is 0 Å². The summed E-state index contributed by atoms with van der Waals surface area (Å²) >= 11 is 0. The number of hydrogen-bond acceptors (Lipinski definition) is 5. The molecule has 0 spiro atoms. The molecule has 2 rings (SSSR count). The van der Waals surface area contributed by atoms with Crippen LogP contribution in [-0.2, 0) is 4.74 Å². The number of rotatable bonds is 3. The summed E-state index contributed by atoms with van der Waals surface area (Å²) in [6.45, 7) is 4.72. The number of nitro groups is 1. The molecule has 7 heteroatoms. The van der Waals surface area contributed by atoms with Gasteiger partial charge in [-0.2, -0.15) is 0 Å². The Hall–Kier alpha value is -2.15. The minimum Gasteiger partial charge on any atom is -0.478 e. The molecule has 1 N–H and O–H groups in total. The Kier molecular flexibility index (Phi) is 3.89. The Balaban J connectivity index is 2.48. The van der Waals surface area contributed by atoms with E-state index in [0.29, 0.717) is 18.8 Å². The van der Waals surface area contributed by atoms with Crippen LogP contribution in [0.5, 0.6) is 0 Å². The summed E-state index contributed by atoms with van der Waals surface area (Å²) < 4.78 is 5.49. The molecule has 1 aliphatic heterocycles. The first-order valence-electron chi connectivity index (χ1n) is 6.30. The van der Waals surface area contributed by atoms with Gasteiger partial charge < -0.3 is 14.7 Å². The summed E-state index contributed by atoms with van der Waals surface area (Å²) in [6.07, 6.45) is -0.0562. The lowest BCUT2D eigenvalue weighted by molar-refractivity contribution is -0.384.